The van der Waals surface area contributed by atoms with Crippen molar-refractivity contribution in [3.05, 3.63) is 48.4 Å². The van der Waals surface area contributed by atoms with Crippen molar-refractivity contribution in [3.8, 4) is 5.75 Å². The van der Waals surface area contributed by atoms with Crippen molar-refractivity contribution in [1.82, 2.24) is 4.90 Å². The number of methoxy groups -OCH3 is 1. The topological polar surface area (TPSA) is 88.8 Å². The Hall–Kier alpha value is -2.32. The molecule has 1 unspecified atom stereocenters. The van der Waals surface area contributed by atoms with Gasteiger partial charge in [-0.2, -0.15) is 0 Å². The molecular formula is C18H22N2O5S. The summed E-state index contributed by atoms with van der Waals surface area (Å²) in [7, 11) is -1.51. The Morgan fingerprint density at radius 2 is 2.12 bits per heavy atom. The zero-order chi connectivity index (χ0) is 18.6. The molecular weight excluding hydrogens is 356 g/mol. The van der Waals surface area contributed by atoms with Crippen LogP contribution < -0.4 is 10.1 Å². The van der Waals surface area contributed by atoms with Gasteiger partial charge < -0.3 is 14.5 Å². The van der Waals surface area contributed by atoms with Crippen LogP contribution >= 0.6 is 0 Å². The van der Waals surface area contributed by atoms with Crippen molar-refractivity contribution in [2.75, 3.05) is 30.5 Å². The fraction of sp³-hybridized carbons (Fsp3) is 0.389. The smallest absolute Gasteiger partial charge is 0.238 e. The lowest BCUT2D eigenvalue weighted by Gasteiger charge is -2.26. The Morgan fingerprint density at radius 1 is 1.31 bits per heavy atom. The van der Waals surface area contributed by atoms with Gasteiger partial charge in [-0.05, 0) is 30.7 Å². The highest BCUT2D eigenvalue weighted by Crippen LogP contribution is 2.24. The van der Waals surface area contributed by atoms with E-state index >= 15 is 0 Å². The standard InChI is InChI=1S/C18H22N2O5S/c1-24-17-7-3-2-6-16(17)19-18(21)12-20(11-15-5-4-9-25-15)14-8-10-26(22,23)13-14/h2-7,9,14H,8,10-13H2,1H3,(H,19,21). The molecule has 0 spiro atoms. The maximum absolute atomic E-state index is 12.5. The van der Waals surface area contributed by atoms with E-state index in [1.807, 2.05) is 23.1 Å². The van der Waals surface area contributed by atoms with E-state index in [-0.39, 0.29) is 30.0 Å². The summed E-state index contributed by atoms with van der Waals surface area (Å²) in [5.41, 5.74) is 0.581. The van der Waals surface area contributed by atoms with E-state index in [1.54, 1.807) is 24.5 Å². The van der Waals surface area contributed by atoms with Gasteiger partial charge in [-0.25, -0.2) is 8.42 Å². The number of para-hydroxylation sites is 2. The molecule has 1 aromatic heterocycles. The number of furan rings is 1. The van der Waals surface area contributed by atoms with E-state index in [9.17, 15) is 13.2 Å². The molecule has 0 aliphatic carbocycles. The number of carbonyl (C=O) groups is 1. The minimum atomic E-state index is -3.05. The van der Waals surface area contributed by atoms with E-state index < -0.39 is 9.84 Å². The van der Waals surface area contributed by atoms with E-state index in [4.69, 9.17) is 9.15 Å². The first-order valence-electron chi connectivity index (χ1n) is 8.36. The summed E-state index contributed by atoms with van der Waals surface area (Å²) >= 11 is 0. The minimum absolute atomic E-state index is 0.0651. The summed E-state index contributed by atoms with van der Waals surface area (Å²) in [5, 5.41) is 2.83. The van der Waals surface area contributed by atoms with E-state index in [1.165, 1.54) is 7.11 Å². The van der Waals surface area contributed by atoms with Crippen LogP contribution in [0.1, 0.15) is 12.2 Å². The lowest BCUT2D eigenvalue weighted by Crippen LogP contribution is -2.41. The molecule has 1 saturated heterocycles. The van der Waals surface area contributed by atoms with Gasteiger partial charge in [-0.3, -0.25) is 9.69 Å². The monoisotopic (exact) mass is 378 g/mol. The molecule has 3 rings (SSSR count). The molecule has 0 radical (unpaired) electrons. The number of nitrogens with one attached hydrogen (secondary N) is 1. The fourth-order valence-corrected chi connectivity index (χ4v) is 4.86. The van der Waals surface area contributed by atoms with E-state index in [0.717, 1.165) is 0 Å². The Bertz CT molecular complexity index is 848. The van der Waals surface area contributed by atoms with Crippen LogP contribution in [-0.2, 0) is 21.2 Å². The number of hydrogen-bond acceptors (Lipinski definition) is 6. The first-order valence-corrected chi connectivity index (χ1v) is 10.2. The maximum atomic E-state index is 12.5. The molecule has 1 N–H and O–H groups in total. The molecule has 0 bridgehead atoms. The Labute approximate surface area is 152 Å². The second kappa shape index (κ2) is 7.92. The zero-order valence-corrected chi connectivity index (χ0v) is 15.4. The lowest BCUT2D eigenvalue weighted by atomic mass is 10.2. The van der Waals surface area contributed by atoms with Crippen LogP contribution in [0.5, 0.6) is 5.75 Å². The summed E-state index contributed by atoms with van der Waals surface area (Å²) in [5.74, 6) is 1.25. The number of hydrogen-bond donors (Lipinski definition) is 1. The molecule has 1 aromatic carbocycles. The van der Waals surface area contributed by atoms with Gasteiger partial charge in [0.1, 0.15) is 11.5 Å². The molecule has 2 heterocycles. The molecule has 1 aliphatic heterocycles. The highest BCUT2D eigenvalue weighted by Gasteiger charge is 2.33. The maximum Gasteiger partial charge on any atom is 0.238 e. The predicted octanol–water partition coefficient (Wildman–Crippen LogP) is 1.92. The largest absolute Gasteiger partial charge is 0.495 e. The number of sulfone groups is 1. The number of carbonyl (C=O) groups excluding carboxylic acids is 1. The number of amides is 1. The molecule has 1 aliphatic rings. The van der Waals surface area contributed by atoms with Crippen LogP contribution in [-0.4, -0.2) is 50.4 Å². The van der Waals surface area contributed by atoms with Crippen LogP contribution in [0, 0.1) is 0 Å². The van der Waals surface area contributed by atoms with Gasteiger partial charge in [-0.15, -0.1) is 0 Å². The Morgan fingerprint density at radius 3 is 2.77 bits per heavy atom. The van der Waals surface area contributed by atoms with Crippen LogP contribution in [0.4, 0.5) is 5.69 Å². The number of anilines is 1. The number of benzene rings is 1. The van der Waals surface area contributed by atoms with Crippen LogP contribution in [0.15, 0.2) is 47.1 Å². The molecule has 2 aromatic rings. The number of nitrogens with zero attached hydrogens (tertiary/aromatic N) is 1. The number of rotatable bonds is 7. The van der Waals surface area contributed by atoms with E-state index in [0.29, 0.717) is 30.2 Å². The Kier molecular flexibility index (Phi) is 5.63. The van der Waals surface area contributed by atoms with Gasteiger partial charge in [0, 0.05) is 6.04 Å². The third-order valence-corrected chi connectivity index (χ3v) is 6.14. The summed E-state index contributed by atoms with van der Waals surface area (Å²) < 4.78 is 34.3. The SMILES string of the molecule is COc1ccccc1NC(=O)CN(Cc1ccco1)C1CCS(=O)(=O)C1. The average molecular weight is 378 g/mol. The summed E-state index contributed by atoms with van der Waals surface area (Å²) in [6, 6.07) is 10.5. The Balaban J connectivity index is 1.71. The van der Waals surface area contributed by atoms with Crippen molar-refractivity contribution in [1.29, 1.82) is 0 Å². The first-order chi connectivity index (χ1) is 12.5. The first kappa shape index (κ1) is 18.5. The predicted molar refractivity (Wildman–Crippen MR) is 97.8 cm³/mol. The van der Waals surface area contributed by atoms with Gasteiger partial charge >= 0.3 is 0 Å². The summed E-state index contributed by atoms with van der Waals surface area (Å²) in [4.78, 5) is 14.4. The third kappa shape index (κ3) is 4.64. The van der Waals surface area contributed by atoms with Crippen molar-refractivity contribution in [3.63, 3.8) is 0 Å². The van der Waals surface area contributed by atoms with Gasteiger partial charge in [-0.1, -0.05) is 12.1 Å². The summed E-state index contributed by atoms with van der Waals surface area (Å²) in [6.07, 6.45) is 2.08. The van der Waals surface area contributed by atoms with Crippen molar-refractivity contribution in [2.24, 2.45) is 0 Å². The second-order valence-corrected chi connectivity index (χ2v) is 8.52. The van der Waals surface area contributed by atoms with Gasteiger partial charge in [0.2, 0.25) is 5.91 Å². The quantitative estimate of drug-likeness (QED) is 0.792. The molecule has 26 heavy (non-hydrogen) atoms. The normalized spacial score (nSPS) is 18.8. The fourth-order valence-electron chi connectivity index (χ4n) is 3.10. The molecule has 0 saturated carbocycles. The van der Waals surface area contributed by atoms with E-state index in [2.05, 4.69) is 5.32 Å². The molecule has 8 heteroatoms. The highest BCUT2D eigenvalue weighted by molar-refractivity contribution is 7.91. The minimum Gasteiger partial charge on any atom is -0.495 e. The molecule has 1 amide bonds. The van der Waals surface area contributed by atoms with Crippen LogP contribution in [0.25, 0.3) is 0 Å². The third-order valence-electron chi connectivity index (χ3n) is 4.39. The molecule has 140 valence electrons. The van der Waals surface area contributed by atoms with Gasteiger partial charge in [0.15, 0.2) is 9.84 Å². The van der Waals surface area contributed by atoms with Crippen LogP contribution in [0.3, 0.4) is 0 Å². The number of ether oxygens (including phenoxy) is 1. The van der Waals surface area contributed by atoms with Gasteiger partial charge in [0.05, 0.1) is 43.7 Å². The molecule has 1 fully saturated rings. The highest BCUT2D eigenvalue weighted by atomic mass is 32.2. The van der Waals surface area contributed by atoms with Crippen molar-refractivity contribution >= 4 is 21.4 Å². The second-order valence-electron chi connectivity index (χ2n) is 6.29. The average Bonchev–Trinajstić information content (AvgIpc) is 3.24. The van der Waals surface area contributed by atoms with Crippen molar-refractivity contribution in [2.45, 2.75) is 19.0 Å². The summed E-state index contributed by atoms with van der Waals surface area (Å²) in [6.45, 7) is 0.450. The lowest BCUT2D eigenvalue weighted by molar-refractivity contribution is -0.118. The molecule has 1 atom stereocenters. The van der Waals surface area contributed by atoms with Crippen molar-refractivity contribution < 1.29 is 22.4 Å². The molecule has 7 nitrogen and oxygen atoms in total. The van der Waals surface area contributed by atoms with Crippen LogP contribution in [0.2, 0.25) is 0 Å². The zero-order valence-electron chi connectivity index (χ0n) is 14.6. The van der Waals surface area contributed by atoms with Gasteiger partial charge in [0.25, 0.3) is 0 Å².